The summed E-state index contributed by atoms with van der Waals surface area (Å²) >= 11 is 0. The van der Waals surface area contributed by atoms with Crippen LogP contribution in [0.2, 0.25) is 0 Å². The van der Waals surface area contributed by atoms with Gasteiger partial charge in [-0.1, -0.05) is 30.3 Å². The van der Waals surface area contributed by atoms with Gasteiger partial charge < -0.3 is 23.8 Å². The van der Waals surface area contributed by atoms with E-state index >= 15 is 0 Å². The van der Waals surface area contributed by atoms with E-state index in [4.69, 9.17) is 24.0 Å². The lowest BCUT2D eigenvalue weighted by Gasteiger charge is -2.16. The Morgan fingerprint density at radius 2 is 1.91 bits per heavy atom. The number of phosphoric ester groups is 1. The first-order valence-corrected chi connectivity index (χ1v) is 8.09. The third kappa shape index (κ3) is 3.39. The molecule has 0 aromatic heterocycles. The molecule has 0 radical (unpaired) electrons. The summed E-state index contributed by atoms with van der Waals surface area (Å²) in [6.07, 6.45) is -2.78. The van der Waals surface area contributed by atoms with Gasteiger partial charge in [0.05, 0.1) is 6.61 Å². The number of benzene rings is 1. The van der Waals surface area contributed by atoms with Gasteiger partial charge in [0.25, 0.3) is 5.76 Å². The maximum atomic E-state index is 11.6. The fraction of sp³-hybridized carbons (Fsp3) is 0.308. The lowest BCUT2D eigenvalue weighted by molar-refractivity contribution is -0.149. The number of aliphatic hydroxyl groups is 1. The normalized spacial score (nSPS) is 28.1. The average Bonchev–Trinajstić information content (AvgIpc) is 3.07. The van der Waals surface area contributed by atoms with Crippen LogP contribution in [0.5, 0.6) is 0 Å². The van der Waals surface area contributed by atoms with Gasteiger partial charge in [0.2, 0.25) is 0 Å². The number of carbonyl (C=O) groups is 1. The molecule has 9 nitrogen and oxygen atoms in total. The summed E-state index contributed by atoms with van der Waals surface area (Å²) in [5.74, 6) is -2.83. The van der Waals surface area contributed by atoms with Crippen LogP contribution in [0.4, 0.5) is 0 Å². The highest BCUT2D eigenvalue weighted by Gasteiger charge is 2.46. The van der Waals surface area contributed by atoms with E-state index in [1.54, 1.807) is 24.3 Å². The molecule has 1 aromatic rings. The Balaban J connectivity index is 1.74. The highest BCUT2D eigenvalue weighted by molar-refractivity contribution is 7.46. The Bertz CT molecular complexity index is 680. The first kappa shape index (κ1) is 16.0. The van der Waals surface area contributed by atoms with Gasteiger partial charge in [0.15, 0.2) is 18.2 Å². The van der Waals surface area contributed by atoms with Gasteiger partial charge in [0, 0.05) is 5.56 Å². The van der Waals surface area contributed by atoms with Crippen LogP contribution in [0, 0.1) is 0 Å². The predicted octanol–water partition coefficient (Wildman–Crippen LogP) is 0.905. The van der Waals surface area contributed by atoms with Crippen molar-refractivity contribution in [3.63, 3.8) is 0 Å². The van der Waals surface area contributed by atoms with Gasteiger partial charge >= 0.3 is 13.8 Å². The second-order valence-corrected chi connectivity index (χ2v) is 6.04. The van der Waals surface area contributed by atoms with E-state index in [-0.39, 0.29) is 6.61 Å². The molecule has 0 bridgehead atoms. The molecule has 0 saturated carbocycles. The quantitative estimate of drug-likeness (QED) is 0.538. The summed E-state index contributed by atoms with van der Waals surface area (Å²) in [5.41, 5.74) is 0.745. The molecular formula is C13H13O9P. The SMILES string of the molecule is O=C1O[C@H]([C@@H]2COC(c3ccccc3)O2)C(O)=C1OP(=O)(O)O. The Kier molecular flexibility index (Phi) is 4.13. The molecule has 1 aromatic carbocycles. The van der Waals surface area contributed by atoms with E-state index in [1.807, 2.05) is 6.07 Å². The second kappa shape index (κ2) is 5.95. The number of ether oxygens (including phenoxy) is 3. The van der Waals surface area contributed by atoms with Crippen molar-refractivity contribution in [2.45, 2.75) is 18.5 Å². The first-order valence-electron chi connectivity index (χ1n) is 6.56. The zero-order chi connectivity index (χ0) is 16.6. The Labute approximate surface area is 130 Å². The van der Waals surface area contributed by atoms with E-state index in [0.717, 1.165) is 5.56 Å². The maximum absolute atomic E-state index is 11.6. The highest BCUT2D eigenvalue weighted by Crippen LogP contribution is 2.43. The van der Waals surface area contributed by atoms with Crippen LogP contribution in [-0.2, 0) is 28.1 Å². The molecule has 3 atom stereocenters. The van der Waals surface area contributed by atoms with Crippen molar-refractivity contribution in [2.75, 3.05) is 6.61 Å². The van der Waals surface area contributed by atoms with Gasteiger partial charge in [-0.15, -0.1) is 0 Å². The first-order chi connectivity index (χ1) is 10.8. The molecule has 2 aliphatic heterocycles. The minimum absolute atomic E-state index is 0.0186. The van der Waals surface area contributed by atoms with Gasteiger partial charge in [-0.05, 0) is 0 Å². The van der Waals surface area contributed by atoms with Crippen molar-refractivity contribution in [3.05, 3.63) is 47.4 Å². The fourth-order valence-corrected chi connectivity index (χ4v) is 2.68. The van der Waals surface area contributed by atoms with Gasteiger partial charge in [-0.3, -0.25) is 9.79 Å². The minimum atomic E-state index is -5.00. The number of esters is 1. The molecule has 0 aliphatic carbocycles. The second-order valence-electron chi connectivity index (χ2n) is 4.87. The van der Waals surface area contributed by atoms with E-state index in [1.165, 1.54) is 0 Å². The molecule has 2 aliphatic rings. The summed E-state index contributed by atoms with van der Waals surface area (Å²) in [6.45, 7) is 0.0186. The van der Waals surface area contributed by atoms with Crippen molar-refractivity contribution >= 4 is 13.8 Å². The summed E-state index contributed by atoms with van der Waals surface area (Å²) in [7, 11) is -5.00. The zero-order valence-electron chi connectivity index (χ0n) is 11.6. The lowest BCUT2D eigenvalue weighted by Crippen LogP contribution is -2.30. The molecule has 1 fully saturated rings. The number of hydrogen-bond donors (Lipinski definition) is 3. The number of phosphoric acid groups is 1. The molecule has 2 heterocycles. The maximum Gasteiger partial charge on any atom is 0.525 e. The molecule has 3 rings (SSSR count). The fourth-order valence-electron chi connectivity index (χ4n) is 2.28. The standard InChI is InChI=1S/C13H13O9P/c14-9-10(21-12(15)11(9)22-23(16,17)18)8-6-19-13(20-8)7-4-2-1-3-5-7/h1-5,8,10,13-14H,6H2,(H2,16,17,18)/t8-,10+,13?/m0/s1. The lowest BCUT2D eigenvalue weighted by atomic mass is 10.2. The zero-order valence-corrected chi connectivity index (χ0v) is 12.5. The molecule has 0 spiro atoms. The molecular weight excluding hydrogens is 331 g/mol. The predicted molar refractivity (Wildman–Crippen MR) is 72.7 cm³/mol. The monoisotopic (exact) mass is 344 g/mol. The topological polar surface area (TPSA) is 132 Å². The van der Waals surface area contributed by atoms with Crippen molar-refractivity contribution < 1.29 is 43.0 Å². The molecule has 3 N–H and O–H groups in total. The van der Waals surface area contributed by atoms with Crippen molar-refractivity contribution in [1.29, 1.82) is 0 Å². The van der Waals surface area contributed by atoms with Gasteiger partial charge in [-0.25, -0.2) is 9.36 Å². The summed E-state index contributed by atoms with van der Waals surface area (Å²) in [5, 5.41) is 9.93. The number of rotatable bonds is 4. The Morgan fingerprint density at radius 1 is 1.22 bits per heavy atom. The van der Waals surface area contributed by atoms with Crippen LogP contribution < -0.4 is 0 Å². The summed E-state index contributed by atoms with van der Waals surface area (Å²) in [6, 6.07) is 9.00. The van der Waals surface area contributed by atoms with Crippen molar-refractivity contribution in [1.82, 2.24) is 0 Å². The number of hydrogen-bond acceptors (Lipinski definition) is 7. The minimum Gasteiger partial charge on any atom is -0.505 e. The molecule has 23 heavy (non-hydrogen) atoms. The van der Waals surface area contributed by atoms with Crippen molar-refractivity contribution in [3.8, 4) is 0 Å². The van der Waals surface area contributed by atoms with E-state index < -0.39 is 43.8 Å². The van der Waals surface area contributed by atoms with Gasteiger partial charge in [-0.2, -0.15) is 0 Å². The molecule has 124 valence electrons. The van der Waals surface area contributed by atoms with Crippen LogP contribution in [-0.4, -0.2) is 39.7 Å². The summed E-state index contributed by atoms with van der Waals surface area (Å²) < 4.78 is 30.8. The molecule has 1 unspecified atom stereocenters. The van der Waals surface area contributed by atoms with Crippen LogP contribution in [0.25, 0.3) is 0 Å². The van der Waals surface area contributed by atoms with Crippen LogP contribution >= 0.6 is 7.82 Å². The Morgan fingerprint density at radius 3 is 2.57 bits per heavy atom. The number of carbonyl (C=O) groups excluding carboxylic acids is 1. The number of aliphatic hydroxyl groups excluding tert-OH is 1. The molecule has 0 amide bonds. The average molecular weight is 344 g/mol. The Hall–Kier alpha value is -1.90. The number of cyclic esters (lactones) is 1. The molecule has 1 saturated heterocycles. The van der Waals surface area contributed by atoms with Crippen LogP contribution in [0.1, 0.15) is 11.9 Å². The van der Waals surface area contributed by atoms with Gasteiger partial charge in [0.1, 0.15) is 6.10 Å². The van der Waals surface area contributed by atoms with Crippen molar-refractivity contribution in [2.24, 2.45) is 0 Å². The molecule has 10 heteroatoms. The third-order valence-electron chi connectivity index (χ3n) is 3.25. The smallest absolute Gasteiger partial charge is 0.505 e. The largest absolute Gasteiger partial charge is 0.525 e. The van der Waals surface area contributed by atoms with E-state index in [2.05, 4.69) is 4.52 Å². The highest BCUT2D eigenvalue weighted by atomic mass is 31.2. The van der Waals surface area contributed by atoms with Crippen LogP contribution in [0.3, 0.4) is 0 Å². The summed E-state index contributed by atoms with van der Waals surface area (Å²) in [4.78, 5) is 29.0. The van der Waals surface area contributed by atoms with Crippen LogP contribution in [0.15, 0.2) is 41.9 Å². The third-order valence-corrected chi connectivity index (χ3v) is 3.67. The van der Waals surface area contributed by atoms with E-state index in [0.29, 0.717) is 0 Å². The van der Waals surface area contributed by atoms with E-state index in [9.17, 15) is 14.5 Å².